The molecule has 4 nitrogen and oxygen atoms in total. The molecule has 0 atom stereocenters. The number of hydrogen-bond donors (Lipinski definition) is 1. The smallest absolute Gasteiger partial charge is 0.200 e. The van der Waals surface area contributed by atoms with Crippen molar-refractivity contribution < 1.29 is 13.5 Å². The maximum absolute atomic E-state index is 13.5. The minimum absolute atomic E-state index is 0.0232. The first-order chi connectivity index (χ1) is 9.61. The van der Waals surface area contributed by atoms with Gasteiger partial charge in [-0.3, -0.25) is 0 Å². The van der Waals surface area contributed by atoms with Crippen molar-refractivity contribution in [3.8, 4) is 5.75 Å². The number of nitrogens with zero attached hydrogens (tertiary/aromatic N) is 2. The predicted molar refractivity (Wildman–Crippen MR) is 77.1 cm³/mol. The van der Waals surface area contributed by atoms with Gasteiger partial charge in [-0.25, -0.2) is 4.39 Å². The number of nitrogens with one attached hydrogen (secondary N) is 1. The Morgan fingerprint density at radius 3 is 2.95 bits per heavy atom. The van der Waals surface area contributed by atoms with Crippen LogP contribution in [-0.2, 0) is 6.61 Å². The van der Waals surface area contributed by atoms with Crippen molar-refractivity contribution in [2.24, 2.45) is 0 Å². The van der Waals surface area contributed by atoms with E-state index in [0.29, 0.717) is 10.2 Å². The Balaban J connectivity index is 2.07. The molecule has 1 aromatic carbocycles. The lowest BCUT2D eigenvalue weighted by atomic mass is 10.3. The summed E-state index contributed by atoms with van der Waals surface area (Å²) < 4.78 is 36.3. The Bertz CT molecular complexity index is 594. The van der Waals surface area contributed by atoms with E-state index in [1.54, 1.807) is 0 Å². The molecule has 1 N–H and O–H groups in total. The Morgan fingerprint density at radius 1 is 1.40 bits per heavy atom. The zero-order valence-electron chi connectivity index (χ0n) is 10.6. The third kappa shape index (κ3) is 3.63. The molecule has 0 radical (unpaired) electrons. The van der Waals surface area contributed by atoms with Gasteiger partial charge in [-0.2, -0.15) is 4.39 Å². The van der Waals surface area contributed by atoms with Gasteiger partial charge in [0.1, 0.15) is 17.3 Å². The molecule has 0 aliphatic heterocycles. The summed E-state index contributed by atoms with van der Waals surface area (Å²) in [5.41, 5.74) is 0.572. The molecule has 0 amide bonds. The quantitative estimate of drug-likeness (QED) is 0.788. The van der Waals surface area contributed by atoms with Crippen molar-refractivity contribution in [3.05, 3.63) is 33.9 Å². The van der Waals surface area contributed by atoms with Crippen LogP contribution in [0.3, 0.4) is 0 Å². The van der Waals surface area contributed by atoms with Gasteiger partial charge in [-0.15, -0.1) is 5.10 Å². The van der Waals surface area contributed by atoms with Gasteiger partial charge in [0, 0.05) is 22.5 Å². The number of hydrogen-bond acceptors (Lipinski definition) is 5. The van der Waals surface area contributed by atoms with E-state index in [1.165, 1.54) is 17.6 Å². The molecule has 1 heterocycles. The summed E-state index contributed by atoms with van der Waals surface area (Å²) in [6, 6.07) is 2.41. The van der Waals surface area contributed by atoms with Gasteiger partial charge in [-0.1, -0.05) is 27.3 Å². The van der Waals surface area contributed by atoms with Gasteiger partial charge in [-0.05, 0) is 18.6 Å². The molecule has 0 aliphatic carbocycles. The van der Waals surface area contributed by atoms with E-state index in [4.69, 9.17) is 4.74 Å². The minimum atomic E-state index is -1.01. The fraction of sp³-hybridized carbons (Fsp3) is 0.333. The molecule has 1 aromatic heterocycles. The molecule has 0 aliphatic rings. The number of aromatic nitrogens is 2. The molecule has 2 rings (SSSR count). The van der Waals surface area contributed by atoms with E-state index in [-0.39, 0.29) is 12.4 Å². The molecule has 2 aromatic rings. The fourth-order valence-electron chi connectivity index (χ4n) is 1.46. The highest BCUT2D eigenvalue weighted by molar-refractivity contribution is 9.10. The van der Waals surface area contributed by atoms with Crippen molar-refractivity contribution in [2.75, 3.05) is 11.9 Å². The summed E-state index contributed by atoms with van der Waals surface area (Å²) >= 11 is 4.30. The summed E-state index contributed by atoms with van der Waals surface area (Å²) in [6.45, 7) is 2.85. The molecule has 20 heavy (non-hydrogen) atoms. The molecule has 108 valence electrons. The van der Waals surface area contributed by atoms with Crippen LogP contribution in [0.25, 0.3) is 0 Å². The first-order valence-electron chi connectivity index (χ1n) is 5.94. The van der Waals surface area contributed by atoms with Crippen LogP contribution < -0.4 is 10.1 Å². The van der Waals surface area contributed by atoms with Gasteiger partial charge < -0.3 is 10.1 Å². The highest BCUT2D eigenvalue weighted by Gasteiger charge is 2.14. The maximum atomic E-state index is 13.5. The van der Waals surface area contributed by atoms with E-state index < -0.39 is 11.6 Å². The Morgan fingerprint density at radius 2 is 2.20 bits per heavy atom. The van der Waals surface area contributed by atoms with Crippen LogP contribution >= 0.6 is 27.5 Å². The van der Waals surface area contributed by atoms with E-state index in [9.17, 15) is 8.78 Å². The second kappa shape index (κ2) is 6.94. The molecule has 0 bridgehead atoms. The topological polar surface area (TPSA) is 47.0 Å². The van der Waals surface area contributed by atoms with Crippen molar-refractivity contribution in [2.45, 2.75) is 20.0 Å². The van der Waals surface area contributed by atoms with Gasteiger partial charge in [0.15, 0.2) is 11.6 Å². The minimum Gasteiger partial charge on any atom is -0.484 e. The highest BCUT2D eigenvalue weighted by Crippen LogP contribution is 2.27. The summed E-state index contributed by atoms with van der Waals surface area (Å²) in [5, 5.41) is 7.85. The molecular formula is C12H12BrF2N3OS. The van der Waals surface area contributed by atoms with E-state index in [0.717, 1.165) is 24.0 Å². The van der Waals surface area contributed by atoms with Crippen molar-refractivity contribution >= 4 is 32.5 Å². The molecule has 0 fully saturated rings. The maximum Gasteiger partial charge on any atom is 0.200 e. The Kier molecular flexibility index (Phi) is 5.24. The molecule has 0 saturated heterocycles. The molecule has 0 saturated carbocycles. The van der Waals surface area contributed by atoms with Gasteiger partial charge >= 0.3 is 0 Å². The van der Waals surface area contributed by atoms with E-state index >= 15 is 0 Å². The molecular weight excluding hydrogens is 352 g/mol. The van der Waals surface area contributed by atoms with Crippen LogP contribution in [0.4, 0.5) is 13.8 Å². The monoisotopic (exact) mass is 363 g/mol. The third-order valence-electron chi connectivity index (χ3n) is 2.42. The van der Waals surface area contributed by atoms with Gasteiger partial charge in [0.2, 0.25) is 5.82 Å². The zero-order chi connectivity index (χ0) is 14.5. The Hall–Kier alpha value is -1.28. The van der Waals surface area contributed by atoms with Crippen molar-refractivity contribution in [3.63, 3.8) is 0 Å². The summed E-state index contributed by atoms with van der Waals surface area (Å²) in [7, 11) is 0. The SMILES string of the molecule is CCCNc1snnc1COc1cc(Br)cc(F)c1F. The van der Waals surface area contributed by atoms with Gasteiger partial charge in [0.05, 0.1) is 0 Å². The molecule has 0 spiro atoms. The van der Waals surface area contributed by atoms with Crippen LogP contribution in [0.2, 0.25) is 0 Å². The van der Waals surface area contributed by atoms with Crippen LogP contribution in [0, 0.1) is 11.6 Å². The number of ether oxygens (including phenoxy) is 1. The third-order valence-corrected chi connectivity index (χ3v) is 3.60. The largest absolute Gasteiger partial charge is 0.484 e. The van der Waals surface area contributed by atoms with Gasteiger partial charge in [0.25, 0.3) is 0 Å². The summed E-state index contributed by atoms with van der Waals surface area (Å²) in [4.78, 5) is 0. The lowest BCUT2D eigenvalue weighted by Gasteiger charge is -2.08. The average molecular weight is 364 g/mol. The standard InChI is InChI=1S/C12H12BrF2N3OS/c1-2-3-16-12-9(17-18-20-12)6-19-10-5-7(13)4-8(14)11(10)15/h4-5,16H,2-3,6H2,1H3. The average Bonchev–Trinajstić information content (AvgIpc) is 2.86. The second-order valence-corrected chi connectivity index (χ2v) is 5.63. The van der Waals surface area contributed by atoms with E-state index in [1.807, 2.05) is 6.92 Å². The normalized spacial score (nSPS) is 10.6. The Labute approximate surface area is 127 Å². The van der Waals surface area contributed by atoms with Crippen LogP contribution in [0.1, 0.15) is 19.0 Å². The number of rotatable bonds is 6. The number of anilines is 1. The second-order valence-electron chi connectivity index (χ2n) is 3.96. The first-order valence-corrected chi connectivity index (χ1v) is 7.51. The van der Waals surface area contributed by atoms with Crippen LogP contribution in [-0.4, -0.2) is 16.1 Å². The zero-order valence-corrected chi connectivity index (χ0v) is 13.0. The molecule has 0 unspecified atom stereocenters. The predicted octanol–water partition coefficient (Wildman–Crippen LogP) is 3.98. The number of halogens is 3. The van der Waals surface area contributed by atoms with E-state index in [2.05, 4.69) is 30.8 Å². The van der Waals surface area contributed by atoms with Crippen molar-refractivity contribution in [1.29, 1.82) is 0 Å². The highest BCUT2D eigenvalue weighted by atomic mass is 79.9. The number of benzene rings is 1. The van der Waals surface area contributed by atoms with Crippen LogP contribution in [0.5, 0.6) is 5.75 Å². The first kappa shape index (κ1) is 15.1. The molecule has 8 heteroatoms. The summed E-state index contributed by atoms with van der Waals surface area (Å²) in [6.07, 6.45) is 0.962. The fourth-order valence-corrected chi connectivity index (χ4v) is 2.46. The van der Waals surface area contributed by atoms with Crippen LogP contribution in [0.15, 0.2) is 16.6 Å². The van der Waals surface area contributed by atoms with Crippen molar-refractivity contribution in [1.82, 2.24) is 9.59 Å². The lowest BCUT2D eigenvalue weighted by molar-refractivity contribution is 0.280. The lowest BCUT2D eigenvalue weighted by Crippen LogP contribution is -2.04. The summed E-state index contributed by atoms with van der Waals surface area (Å²) in [5.74, 6) is -2.14.